The molecule has 20 heavy (non-hydrogen) atoms. The highest BCUT2D eigenvalue weighted by Crippen LogP contribution is 2.48. The zero-order valence-corrected chi connectivity index (χ0v) is 12.3. The van der Waals surface area contributed by atoms with E-state index >= 15 is 0 Å². The molecule has 7 nitrogen and oxygen atoms in total. The number of halogens is 1. The Morgan fingerprint density at radius 1 is 1.40 bits per heavy atom. The van der Waals surface area contributed by atoms with Gasteiger partial charge in [0.15, 0.2) is 11.5 Å². The van der Waals surface area contributed by atoms with Gasteiger partial charge in [0.25, 0.3) is 0 Å². The lowest BCUT2D eigenvalue weighted by Crippen LogP contribution is -2.16. The van der Waals surface area contributed by atoms with Crippen LogP contribution in [0.25, 0.3) is 11.4 Å². The number of hydrogen-bond donors (Lipinski definition) is 1. The molecule has 2 heterocycles. The Morgan fingerprint density at radius 2 is 2.20 bits per heavy atom. The quantitative estimate of drug-likeness (QED) is 0.908. The maximum Gasteiger partial charge on any atom is 0.240 e. The molecule has 0 saturated heterocycles. The summed E-state index contributed by atoms with van der Waals surface area (Å²) in [4.78, 5) is 4.22. The van der Waals surface area contributed by atoms with Crippen LogP contribution in [0, 0.1) is 0 Å². The van der Waals surface area contributed by atoms with Gasteiger partial charge in [0.2, 0.25) is 11.7 Å². The summed E-state index contributed by atoms with van der Waals surface area (Å²) in [6.45, 7) is 1.11. The molecule has 0 saturated carbocycles. The van der Waals surface area contributed by atoms with Crippen LogP contribution < -0.4 is 19.9 Å². The van der Waals surface area contributed by atoms with Gasteiger partial charge in [0.1, 0.15) is 24.5 Å². The van der Waals surface area contributed by atoms with Crippen molar-refractivity contribution in [1.29, 1.82) is 0 Å². The molecule has 1 aliphatic heterocycles. The second kappa shape index (κ2) is 5.29. The Kier molecular flexibility index (Phi) is 3.49. The summed E-state index contributed by atoms with van der Waals surface area (Å²) < 4.78 is 22.4. The second-order valence-electron chi connectivity index (χ2n) is 4.01. The highest BCUT2D eigenvalue weighted by molar-refractivity contribution is 9.10. The minimum atomic E-state index is 0.170. The third-order valence-corrected chi connectivity index (χ3v) is 3.40. The van der Waals surface area contributed by atoms with Gasteiger partial charge in [-0.05, 0) is 15.9 Å². The van der Waals surface area contributed by atoms with Gasteiger partial charge >= 0.3 is 0 Å². The van der Waals surface area contributed by atoms with Gasteiger partial charge in [-0.3, -0.25) is 0 Å². The van der Waals surface area contributed by atoms with Gasteiger partial charge in [-0.15, -0.1) is 0 Å². The molecule has 1 aromatic heterocycles. The van der Waals surface area contributed by atoms with Crippen molar-refractivity contribution in [3.63, 3.8) is 0 Å². The average Bonchev–Trinajstić information content (AvgIpc) is 2.94. The van der Waals surface area contributed by atoms with Gasteiger partial charge in [-0.1, -0.05) is 5.16 Å². The van der Waals surface area contributed by atoms with Crippen LogP contribution in [0.2, 0.25) is 0 Å². The molecular formula is C12H12BrN3O4. The number of nitrogens with zero attached hydrogens (tertiary/aromatic N) is 2. The number of methoxy groups -OCH3 is 1. The van der Waals surface area contributed by atoms with Crippen LogP contribution in [0.4, 0.5) is 0 Å². The Bertz CT molecular complexity index is 644. The Hall–Kier alpha value is -1.80. The van der Waals surface area contributed by atoms with Crippen molar-refractivity contribution in [2.45, 2.75) is 6.54 Å². The standard InChI is InChI=1S/C12H12BrN3O4/c1-17-10-6(13)4-7-11(19-3-2-18-7)9(10)12-15-8(5-14)20-16-12/h4H,2-3,5,14H2,1H3. The van der Waals surface area contributed by atoms with E-state index in [1.54, 1.807) is 13.2 Å². The van der Waals surface area contributed by atoms with Crippen LogP contribution in [0.3, 0.4) is 0 Å². The minimum absolute atomic E-state index is 0.170. The minimum Gasteiger partial charge on any atom is -0.495 e. The average molecular weight is 342 g/mol. The molecule has 8 heteroatoms. The van der Waals surface area contributed by atoms with Crippen LogP contribution in [0.5, 0.6) is 17.2 Å². The van der Waals surface area contributed by atoms with Gasteiger partial charge in [-0.25, -0.2) is 0 Å². The lowest BCUT2D eigenvalue weighted by Gasteiger charge is -2.22. The summed E-state index contributed by atoms with van der Waals surface area (Å²) in [5.74, 6) is 2.40. The Balaban J connectivity index is 2.23. The first-order valence-corrected chi connectivity index (χ1v) is 6.73. The highest BCUT2D eigenvalue weighted by Gasteiger charge is 2.27. The monoisotopic (exact) mass is 341 g/mol. The smallest absolute Gasteiger partial charge is 0.240 e. The van der Waals surface area contributed by atoms with Crippen LogP contribution in [-0.2, 0) is 6.54 Å². The van der Waals surface area contributed by atoms with Crippen molar-refractivity contribution < 1.29 is 18.7 Å². The Labute approximate surface area is 123 Å². The van der Waals surface area contributed by atoms with Gasteiger partial charge in [0.05, 0.1) is 18.1 Å². The van der Waals surface area contributed by atoms with Gasteiger partial charge < -0.3 is 24.5 Å². The molecule has 0 atom stereocenters. The topological polar surface area (TPSA) is 92.6 Å². The predicted octanol–water partition coefficient (Wildman–Crippen LogP) is 1.74. The first-order valence-electron chi connectivity index (χ1n) is 5.93. The van der Waals surface area contributed by atoms with E-state index in [1.165, 1.54) is 0 Å². The molecule has 0 amide bonds. The molecule has 0 bridgehead atoms. The molecular weight excluding hydrogens is 330 g/mol. The van der Waals surface area contributed by atoms with Crippen LogP contribution >= 0.6 is 15.9 Å². The number of benzene rings is 1. The Morgan fingerprint density at radius 3 is 2.90 bits per heavy atom. The number of aromatic nitrogens is 2. The van der Waals surface area contributed by atoms with Crippen molar-refractivity contribution in [1.82, 2.24) is 10.1 Å². The molecule has 0 fully saturated rings. The molecule has 106 valence electrons. The highest BCUT2D eigenvalue weighted by atomic mass is 79.9. The van der Waals surface area contributed by atoms with E-state index < -0.39 is 0 Å². The maximum atomic E-state index is 5.67. The third kappa shape index (κ3) is 2.10. The zero-order valence-electron chi connectivity index (χ0n) is 10.7. The molecule has 0 aliphatic carbocycles. The van der Waals surface area contributed by atoms with Gasteiger partial charge in [0, 0.05) is 6.07 Å². The number of hydrogen-bond acceptors (Lipinski definition) is 7. The van der Waals surface area contributed by atoms with E-state index in [-0.39, 0.29) is 6.54 Å². The summed E-state index contributed by atoms with van der Waals surface area (Å²) >= 11 is 3.44. The lowest BCUT2D eigenvalue weighted by atomic mass is 10.1. The number of rotatable bonds is 3. The predicted molar refractivity (Wildman–Crippen MR) is 72.9 cm³/mol. The summed E-state index contributed by atoms with van der Waals surface area (Å²) in [7, 11) is 1.56. The van der Waals surface area contributed by atoms with Crippen LogP contribution in [0.1, 0.15) is 5.89 Å². The van der Waals surface area contributed by atoms with E-state index in [0.717, 1.165) is 4.47 Å². The van der Waals surface area contributed by atoms with Gasteiger partial charge in [-0.2, -0.15) is 4.98 Å². The normalized spacial score (nSPS) is 13.3. The molecule has 0 spiro atoms. The molecule has 3 rings (SSSR count). The molecule has 2 N–H and O–H groups in total. The maximum absolute atomic E-state index is 5.67. The third-order valence-electron chi connectivity index (χ3n) is 2.81. The zero-order chi connectivity index (χ0) is 14.1. The van der Waals surface area contributed by atoms with Crippen molar-refractivity contribution in [2.75, 3.05) is 20.3 Å². The first-order chi connectivity index (χ1) is 9.74. The summed E-state index contributed by atoms with van der Waals surface area (Å²) in [5, 5.41) is 3.91. The van der Waals surface area contributed by atoms with Crippen LogP contribution in [-0.4, -0.2) is 30.5 Å². The van der Waals surface area contributed by atoms with E-state index in [4.69, 9.17) is 24.5 Å². The fraction of sp³-hybridized carbons (Fsp3) is 0.333. The van der Waals surface area contributed by atoms with E-state index in [2.05, 4.69) is 26.1 Å². The largest absolute Gasteiger partial charge is 0.495 e. The molecule has 0 unspecified atom stereocenters. The number of fused-ring (bicyclic) bond motifs is 1. The number of ether oxygens (including phenoxy) is 3. The van der Waals surface area contributed by atoms with Crippen molar-refractivity contribution in [2.24, 2.45) is 5.73 Å². The SMILES string of the molecule is COc1c(Br)cc2c(c1-c1noc(CN)n1)OCCO2. The lowest BCUT2D eigenvalue weighted by molar-refractivity contribution is 0.171. The molecule has 1 aliphatic rings. The fourth-order valence-corrected chi connectivity index (χ4v) is 2.55. The number of nitrogens with two attached hydrogens (primary N) is 1. The molecule has 1 aromatic carbocycles. The second-order valence-corrected chi connectivity index (χ2v) is 4.86. The summed E-state index contributed by atoms with van der Waals surface area (Å²) in [6.07, 6.45) is 0. The van der Waals surface area contributed by atoms with Crippen molar-refractivity contribution in [3.8, 4) is 28.6 Å². The van der Waals surface area contributed by atoms with E-state index in [9.17, 15) is 0 Å². The van der Waals surface area contributed by atoms with E-state index in [1.807, 2.05) is 0 Å². The molecule has 0 radical (unpaired) electrons. The summed E-state index contributed by atoms with van der Waals surface area (Å²) in [5.41, 5.74) is 6.07. The first kappa shape index (κ1) is 13.2. The summed E-state index contributed by atoms with van der Waals surface area (Å²) in [6, 6.07) is 1.79. The van der Waals surface area contributed by atoms with Crippen LogP contribution in [0.15, 0.2) is 15.1 Å². The molecule has 2 aromatic rings. The van der Waals surface area contributed by atoms with E-state index in [0.29, 0.717) is 47.7 Å². The fourth-order valence-electron chi connectivity index (χ4n) is 1.98. The van der Waals surface area contributed by atoms with Crippen molar-refractivity contribution >= 4 is 15.9 Å². The van der Waals surface area contributed by atoms with Crippen molar-refractivity contribution in [3.05, 3.63) is 16.4 Å².